The number of benzene rings is 1. The Morgan fingerprint density at radius 2 is 1.89 bits per heavy atom. The van der Waals surface area contributed by atoms with Gasteiger partial charge in [-0.15, -0.1) is 0 Å². The van der Waals surface area contributed by atoms with E-state index in [1.54, 1.807) is 6.07 Å². The Hall–Kier alpha value is -0.970. The van der Waals surface area contributed by atoms with E-state index in [1.807, 2.05) is 20.2 Å². The zero-order chi connectivity index (χ0) is 13.7. The molecule has 0 unspecified atom stereocenters. The molecule has 0 aromatic heterocycles. The molecule has 1 N–H and O–H groups in total. The molecule has 4 nitrogen and oxygen atoms in total. The summed E-state index contributed by atoms with van der Waals surface area (Å²) in [6.45, 7) is 2.73. The second-order valence-electron chi connectivity index (χ2n) is 4.67. The van der Waals surface area contributed by atoms with Crippen LogP contribution in [0.4, 0.5) is 0 Å². The van der Waals surface area contributed by atoms with Gasteiger partial charge in [-0.05, 0) is 38.8 Å². The van der Waals surface area contributed by atoms with E-state index in [9.17, 15) is 5.11 Å². The summed E-state index contributed by atoms with van der Waals surface area (Å²) in [6.07, 6.45) is 0. The first-order chi connectivity index (χ1) is 8.43. The van der Waals surface area contributed by atoms with E-state index in [1.165, 1.54) is 7.11 Å². The molecule has 1 aromatic carbocycles. The highest BCUT2D eigenvalue weighted by atomic mass is 35.5. The molecule has 0 radical (unpaired) electrons. The van der Waals surface area contributed by atoms with Gasteiger partial charge in [0.05, 0.1) is 12.1 Å². The molecule has 0 heterocycles. The van der Waals surface area contributed by atoms with Gasteiger partial charge in [0.15, 0.2) is 11.5 Å². The molecular formula is C13H21ClN2O2. The maximum Gasteiger partial charge on any atom is 0.176 e. The number of phenolic OH excluding ortho intramolecular Hbond substituents is 1. The minimum atomic E-state index is -0.00105. The van der Waals surface area contributed by atoms with Gasteiger partial charge >= 0.3 is 0 Å². The van der Waals surface area contributed by atoms with Crippen LogP contribution in [0.1, 0.15) is 5.56 Å². The first-order valence-corrected chi connectivity index (χ1v) is 6.20. The summed E-state index contributed by atoms with van der Waals surface area (Å²) in [5, 5.41) is 9.98. The second kappa shape index (κ2) is 6.83. The average Bonchev–Trinajstić information content (AvgIpc) is 2.31. The Balaban J connectivity index is 2.70. The fourth-order valence-electron chi connectivity index (χ4n) is 1.64. The van der Waals surface area contributed by atoms with E-state index in [0.717, 1.165) is 25.2 Å². The highest BCUT2D eigenvalue weighted by molar-refractivity contribution is 6.32. The topological polar surface area (TPSA) is 35.9 Å². The smallest absolute Gasteiger partial charge is 0.176 e. The van der Waals surface area contributed by atoms with Gasteiger partial charge in [0.1, 0.15) is 0 Å². The molecule has 0 bridgehead atoms. The number of hydrogen-bond donors (Lipinski definition) is 1. The molecule has 0 spiro atoms. The third kappa shape index (κ3) is 4.37. The lowest BCUT2D eigenvalue weighted by Crippen LogP contribution is -2.28. The first-order valence-electron chi connectivity index (χ1n) is 5.82. The largest absolute Gasteiger partial charge is 0.503 e. The summed E-state index contributed by atoms with van der Waals surface area (Å²) < 4.78 is 5.09. The van der Waals surface area contributed by atoms with Crippen LogP contribution >= 0.6 is 11.6 Å². The number of methoxy groups -OCH3 is 1. The summed E-state index contributed by atoms with van der Waals surface area (Å²) in [7, 11) is 7.67. The van der Waals surface area contributed by atoms with E-state index in [0.29, 0.717) is 10.8 Å². The van der Waals surface area contributed by atoms with Crippen LogP contribution in [0.5, 0.6) is 11.5 Å². The highest BCUT2D eigenvalue weighted by Gasteiger charge is 2.10. The van der Waals surface area contributed by atoms with Crippen LogP contribution in [0.25, 0.3) is 0 Å². The van der Waals surface area contributed by atoms with Crippen molar-refractivity contribution in [3.63, 3.8) is 0 Å². The standard InChI is InChI=1S/C13H21ClN2O2/c1-15(2)5-6-16(3)9-10-7-11(14)13(17)12(8-10)18-4/h7-8,17H,5-6,9H2,1-4H3. The van der Waals surface area contributed by atoms with E-state index < -0.39 is 0 Å². The minimum absolute atomic E-state index is 0.00105. The predicted molar refractivity (Wildman–Crippen MR) is 74.6 cm³/mol. The maximum atomic E-state index is 9.66. The molecule has 0 amide bonds. The van der Waals surface area contributed by atoms with Crippen LogP contribution in [0, 0.1) is 0 Å². The van der Waals surface area contributed by atoms with Crippen LogP contribution in [-0.4, -0.2) is 56.2 Å². The quantitative estimate of drug-likeness (QED) is 0.860. The average molecular weight is 273 g/mol. The molecule has 5 heteroatoms. The summed E-state index contributed by atoms with van der Waals surface area (Å²) in [6, 6.07) is 3.58. The summed E-state index contributed by atoms with van der Waals surface area (Å²) in [5.41, 5.74) is 1.02. The van der Waals surface area contributed by atoms with Crippen LogP contribution in [0.2, 0.25) is 5.02 Å². The van der Waals surface area contributed by atoms with E-state index in [2.05, 4.69) is 16.8 Å². The summed E-state index contributed by atoms with van der Waals surface area (Å²) >= 11 is 5.95. The Morgan fingerprint density at radius 1 is 1.22 bits per heavy atom. The molecule has 0 aliphatic heterocycles. The van der Waals surface area contributed by atoms with Crippen molar-refractivity contribution < 1.29 is 9.84 Å². The molecular weight excluding hydrogens is 252 g/mol. The van der Waals surface area contributed by atoms with Gasteiger partial charge < -0.3 is 19.6 Å². The van der Waals surface area contributed by atoms with Crippen LogP contribution in [-0.2, 0) is 6.54 Å². The van der Waals surface area contributed by atoms with Crippen LogP contribution in [0.3, 0.4) is 0 Å². The van der Waals surface area contributed by atoms with E-state index >= 15 is 0 Å². The number of nitrogens with zero attached hydrogens (tertiary/aromatic N) is 2. The fraction of sp³-hybridized carbons (Fsp3) is 0.538. The monoisotopic (exact) mass is 272 g/mol. The van der Waals surface area contributed by atoms with Gasteiger partial charge in [-0.25, -0.2) is 0 Å². The number of halogens is 1. The molecule has 0 fully saturated rings. The van der Waals surface area contributed by atoms with Gasteiger partial charge in [-0.2, -0.15) is 0 Å². The zero-order valence-electron chi connectivity index (χ0n) is 11.4. The van der Waals surface area contributed by atoms with Crippen LogP contribution < -0.4 is 4.74 Å². The molecule has 0 aliphatic rings. The Kier molecular flexibility index (Phi) is 5.72. The number of ether oxygens (including phenoxy) is 1. The molecule has 0 saturated heterocycles. The molecule has 102 valence electrons. The van der Waals surface area contributed by atoms with Gasteiger partial charge in [0.25, 0.3) is 0 Å². The number of phenols is 1. The Labute approximate surface area is 114 Å². The zero-order valence-corrected chi connectivity index (χ0v) is 12.2. The second-order valence-corrected chi connectivity index (χ2v) is 5.08. The van der Waals surface area contributed by atoms with E-state index in [-0.39, 0.29) is 5.75 Å². The Bertz CT molecular complexity index is 397. The Morgan fingerprint density at radius 3 is 2.44 bits per heavy atom. The number of hydrogen-bond acceptors (Lipinski definition) is 4. The van der Waals surface area contributed by atoms with E-state index in [4.69, 9.17) is 16.3 Å². The molecule has 0 atom stereocenters. The lowest BCUT2D eigenvalue weighted by atomic mass is 10.2. The van der Waals surface area contributed by atoms with Gasteiger partial charge in [0, 0.05) is 19.6 Å². The maximum absolute atomic E-state index is 9.66. The molecule has 0 aliphatic carbocycles. The van der Waals surface area contributed by atoms with Crippen molar-refractivity contribution in [3.05, 3.63) is 22.7 Å². The fourth-order valence-corrected chi connectivity index (χ4v) is 1.87. The number of rotatable bonds is 6. The molecule has 0 saturated carbocycles. The van der Waals surface area contributed by atoms with Crippen molar-refractivity contribution in [2.45, 2.75) is 6.54 Å². The number of likely N-dealkylation sites (N-methyl/N-ethyl adjacent to an activating group) is 2. The lowest BCUT2D eigenvalue weighted by Gasteiger charge is -2.20. The summed E-state index contributed by atoms with van der Waals surface area (Å²) in [4.78, 5) is 4.34. The van der Waals surface area contributed by atoms with Crippen molar-refractivity contribution in [1.82, 2.24) is 9.80 Å². The van der Waals surface area contributed by atoms with Crippen molar-refractivity contribution in [3.8, 4) is 11.5 Å². The van der Waals surface area contributed by atoms with Crippen molar-refractivity contribution in [2.75, 3.05) is 41.3 Å². The lowest BCUT2D eigenvalue weighted by molar-refractivity contribution is 0.275. The highest BCUT2D eigenvalue weighted by Crippen LogP contribution is 2.35. The van der Waals surface area contributed by atoms with Crippen molar-refractivity contribution >= 4 is 11.6 Å². The summed E-state index contributed by atoms with van der Waals surface area (Å²) in [5.74, 6) is 0.414. The van der Waals surface area contributed by atoms with Gasteiger partial charge in [0.2, 0.25) is 0 Å². The van der Waals surface area contributed by atoms with Crippen molar-refractivity contribution in [2.24, 2.45) is 0 Å². The normalized spacial score (nSPS) is 11.3. The SMILES string of the molecule is COc1cc(CN(C)CCN(C)C)cc(Cl)c1O. The number of aromatic hydroxyl groups is 1. The molecule has 1 aromatic rings. The third-order valence-corrected chi connectivity index (χ3v) is 2.98. The van der Waals surface area contributed by atoms with Crippen molar-refractivity contribution in [1.29, 1.82) is 0 Å². The molecule has 1 rings (SSSR count). The first kappa shape index (κ1) is 15.1. The van der Waals surface area contributed by atoms with Gasteiger partial charge in [-0.3, -0.25) is 0 Å². The third-order valence-electron chi connectivity index (χ3n) is 2.69. The molecule has 18 heavy (non-hydrogen) atoms. The van der Waals surface area contributed by atoms with Crippen LogP contribution in [0.15, 0.2) is 12.1 Å². The van der Waals surface area contributed by atoms with Gasteiger partial charge in [-0.1, -0.05) is 11.6 Å². The minimum Gasteiger partial charge on any atom is -0.503 e. The predicted octanol–water partition coefficient (Wildman–Crippen LogP) is 2.05.